The Labute approximate surface area is 90.6 Å². The van der Waals surface area contributed by atoms with Gasteiger partial charge in [-0.15, -0.1) is 0 Å². The van der Waals surface area contributed by atoms with E-state index >= 15 is 0 Å². The summed E-state index contributed by atoms with van der Waals surface area (Å²) in [6.45, 7) is 1.75. The minimum atomic E-state index is -0.314. The zero-order valence-corrected chi connectivity index (χ0v) is 9.18. The highest BCUT2D eigenvalue weighted by Crippen LogP contribution is 2.23. The van der Waals surface area contributed by atoms with E-state index in [-0.39, 0.29) is 11.9 Å². The molecule has 1 aliphatic heterocycles. The van der Waals surface area contributed by atoms with Gasteiger partial charge in [-0.3, -0.25) is 0 Å². The van der Waals surface area contributed by atoms with E-state index in [1.54, 1.807) is 12.1 Å². The monoisotopic (exact) mass is 259 g/mol. The van der Waals surface area contributed by atoms with Crippen molar-refractivity contribution in [1.82, 2.24) is 5.32 Å². The summed E-state index contributed by atoms with van der Waals surface area (Å²) in [5, 5.41) is 3.17. The van der Waals surface area contributed by atoms with Crippen molar-refractivity contribution in [2.24, 2.45) is 0 Å². The quantitative estimate of drug-likeness (QED) is 0.881. The zero-order chi connectivity index (χ0) is 9.97. The predicted octanol–water partition coefficient (Wildman–Crippen LogP) is 2.33. The summed E-state index contributed by atoms with van der Waals surface area (Å²) < 4.78 is 19.6. The molecule has 0 bridgehead atoms. The first-order valence-electron chi connectivity index (χ1n) is 4.58. The number of hydrogen-bond acceptors (Lipinski definition) is 2. The van der Waals surface area contributed by atoms with Crippen LogP contribution < -0.4 is 10.1 Å². The lowest BCUT2D eigenvalue weighted by Crippen LogP contribution is -2.20. The van der Waals surface area contributed by atoms with Crippen LogP contribution in [0.15, 0.2) is 22.7 Å². The van der Waals surface area contributed by atoms with Crippen molar-refractivity contribution in [3.05, 3.63) is 28.5 Å². The number of benzene rings is 1. The van der Waals surface area contributed by atoms with E-state index in [9.17, 15) is 4.39 Å². The molecule has 1 N–H and O–H groups in total. The first-order valence-corrected chi connectivity index (χ1v) is 5.37. The second kappa shape index (κ2) is 4.28. The maximum atomic E-state index is 13.3. The van der Waals surface area contributed by atoms with Crippen LogP contribution in [0.3, 0.4) is 0 Å². The van der Waals surface area contributed by atoms with E-state index in [4.69, 9.17) is 4.74 Å². The predicted molar refractivity (Wildman–Crippen MR) is 56.0 cm³/mol. The molecule has 0 spiro atoms. The van der Waals surface area contributed by atoms with Crippen molar-refractivity contribution >= 4 is 15.9 Å². The molecule has 0 aromatic heterocycles. The molecule has 0 amide bonds. The Kier molecular flexibility index (Phi) is 3.03. The van der Waals surface area contributed by atoms with E-state index in [1.165, 1.54) is 6.07 Å². The van der Waals surface area contributed by atoms with Gasteiger partial charge in [-0.05, 0) is 31.2 Å². The van der Waals surface area contributed by atoms with Gasteiger partial charge in [-0.1, -0.05) is 15.9 Å². The summed E-state index contributed by atoms with van der Waals surface area (Å²) in [7, 11) is 0. The van der Waals surface area contributed by atoms with Gasteiger partial charge in [0.2, 0.25) is 0 Å². The minimum absolute atomic E-state index is 0.102. The van der Waals surface area contributed by atoms with Gasteiger partial charge in [0, 0.05) is 11.0 Å². The molecule has 1 fully saturated rings. The van der Waals surface area contributed by atoms with Gasteiger partial charge >= 0.3 is 0 Å². The van der Waals surface area contributed by atoms with Crippen molar-refractivity contribution in [2.75, 3.05) is 13.1 Å². The van der Waals surface area contributed by atoms with Gasteiger partial charge in [0.05, 0.1) is 0 Å². The highest BCUT2D eigenvalue weighted by atomic mass is 79.9. The topological polar surface area (TPSA) is 21.3 Å². The van der Waals surface area contributed by atoms with Gasteiger partial charge in [-0.25, -0.2) is 4.39 Å². The molecule has 14 heavy (non-hydrogen) atoms. The van der Waals surface area contributed by atoms with Crippen LogP contribution in [0.2, 0.25) is 0 Å². The fourth-order valence-electron chi connectivity index (χ4n) is 1.48. The molecule has 0 radical (unpaired) electrons. The van der Waals surface area contributed by atoms with Crippen molar-refractivity contribution in [3.8, 4) is 5.75 Å². The molecule has 0 saturated carbocycles. The maximum Gasteiger partial charge on any atom is 0.166 e. The lowest BCUT2D eigenvalue weighted by atomic mass is 10.3. The molecule has 1 saturated heterocycles. The van der Waals surface area contributed by atoms with E-state index in [0.29, 0.717) is 5.75 Å². The number of nitrogens with one attached hydrogen (secondary N) is 1. The van der Waals surface area contributed by atoms with Crippen LogP contribution in [0.4, 0.5) is 4.39 Å². The molecule has 1 atom stereocenters. The largest absolute Gasteiger partial charge is 0.486 e. The number of ether oxygens (including phenoxy) is 1. The second-order valence-electron chi connectivity index (χ2n) is 3.31. The van der Waals surface area contributed by atoms with Gasteiger partial charge in [-0.2, -0.15) is 0 Å². The van der Waals surface area contributed by atoms with Crippen LogP contribution in [-0.4, -0.2) is 19.2 Å². The van der Waals surface area contributed by atoms with Crippen molar-refractivity contribution in [1.29, 1.82) is 0 Å². The number of hydrogen-bond donors (Lipinski definition) is 1. The molecule has 1 heterocycles. The Morgan fingerprint density at radius 1 is 1.50 bits per heavy atom. The zero-order valence-electron chi connectivity index (χ0n) is 7.59. The molecule has 4 heteroatoms. The molecule has 0 aliphatic carbocycles. The van der Waals surface area contributed by atoms with Crippen LogP contribution in [0.1, 0.15) is 6.42 Å². The van der Waals surface area contributed by atoms with Crippen LogP contribution >= 0.6 is 15.9 Å². The molecular weight excluding hydrogens is 249 g/mol. The van der Waals surface area contributed by atoms with E-state index in [0.717, 1.165) is 24.0 Å². The summed E-state index contributed by atoms with van der Waals surface area (Å²) in [5.74, 6) is 0.0215. The lowest BCUT2D eigenvalue weighted by molar-refractivity contribution is 0.213. The summed E-state index contributed by atoms with van der Waals surface area (Å²) in [6, 6.07) is 4.84. The molecule has 76 valence electrons. The van der Waals surface area contributed by atoms with Crippen LogP contribution in [-0.2, 0) is 0 Å². The SMILES string of the molecule is Fc1cc(Br)ccc1OC1CCNC1. The van der Waals surface area contributed by atoms with Crippen LogP contribution in [0.5, 0.6) is 5.75 Å². The fraction of sp³-hybridized carbons (Fsp3) is 0.400. The standard InChI is InChI=1S/C10H11BrFNO/c11-7-1-2-10(9(12)5-7)14-8-3-4-13-6-8/h1-2,5,8,13H,3-4,6H2. The number of halogens is 2. The summed E-state index contributed by atoms with van der Waals surface area (Å²) in [4.78, 5) is 0. The van der Waals surface area contributed by atoms with Crippen LogP contribution in [0.25, 0.3) is 0 Å². The first kappa shape index (κ1) is 9.93. The first-order chi connectivity index (χ1) is 6.75. The Bertz CT molecular complexity index is 326. The average Bonchev–Trinajstić information content (AvgIpc) is 2.62. The van der Waals surface area contributed by atoms with Gasteiger partial charge < -0.3 is 10.1 Å². The lowest BCUT2D eigenvalue weighted by Gasteiger charge is -2.12. The van der Waals surface area contributed by atoms with Gasteiger partial charge in [0.25, 0.3) is 0 Å². The maximum absolute atomic E-state index is 13.3. The highest BCUT2D eigenvalue weighted by molar-refractivity contribution is 9.10. The summed E-state index contributed by atoms with van der Waals surface area (Å²) >= 11 is 3.20. The average molecular weight is 260 g/mol. The molecule has 1 aromatic carbocycles. The molecule has 2 rings (SSSR count). The molecule has 1 unspecified atom stereocenters. The second-order valence-corrected chi connectivity index (χ2v) is 4.22. The third-order valence-corrected chi connectivity index (χ3v) is 2.70. The van der Waals surface area contributed by atoms with Crippen molar-refractivity contribution < 1.29 is 9.13 Å². The Hall–Kier alpha value is -0.610. The highest BCUT2D eigenvalue weighted by Gasteiger charge is 2.17. The molecule has 2 nitrogen and oxygen atoms in total. The Morgan fingerprint density at radius 2 is 2.36 bits per heavy atom. The minimum Gasteiger partial charge on any atom is -0.486 e. The number of rotatable bonds is 2. The Morgan fingerprint density at radius 3 is 3.00 bits per heavy atom. The fourth-order valence-corrected chi connectivity index (χ4v) is 1.81. The van der Waals surface area contributed by atoms with E-state index < -0.39 is 0 Å². The third-order valence-electron chi connectivity index (χ3n) is 2.20. The van der Waals surface area contributed by atoms with Crippen molar-refractivity contribution in [3.63, 3.8) is 0 Å². The smallest absolute Gasteiger partial charge is 0.166 e. The summed E-state index contributed by atoms with van der Waals surface area (Å²) in [5.41, 5.74) is 0. The van der Waals surface area contributed by atoms with Gasteiger partial charge in [0.15, 0.2) is 11.6 Å². The Balaban J connectivity index is 2.08. The third kappa shape index (κ3) is 2.25. The van der Waals surface area contributed by atoms with Gasteiger partial charge in [0.1, 0.15) is 6.10 Å². The molecule has 1 aliphatic rings. The normalized spacial score (nSPS) is 21.1. The molecular formula is C10H11BrFNO. The van der Waals surface area contributed by atoms with E-state index in [2.05, 4.69) is 21.2 Å². The molecule has 1 aromatic rings. The summed E-state index contributed by atoms with van der Waals surface area (Å²) in [6.07, 6.45) is 1.04. The van der Waals surface area contributed by atoms with Crippen molar-refractivity contribution in [2.45, 2.75) is 12.5 Å². The van der Waals surface area contributed by atoms with E-state index in [1.807, 2.05) is 0 Å². The van der Waals surface area contributed by atoms with Crippen LogP contribution in [0, 0.1) is 5.82 Å².